The Kier molecular flexibility index (Phi) is 16.4. The maximum atomic E-state index is 10.5. The first-order chi connectivity index (χ1) is 12.9. The maximum absolute atomic E-state index is 10.5. The second-order valence-corrected chi connectivity index (χ2v) is 5.98. The lowest BCUT2D eigenvalue weighted by Gasteiger charge is -2.05. The molecule has 0 unspecified atom stereocenters. The van der Waals surface area contributed by atoms with E-state index < -0.39 is 6.03 Å². The van der Waals surface area contributed by atoms with Crippen LogP contribution in [0.2, 0.25) is 5.02 Å². The van der Waals surface area contributed by atoms with Gasteiger partial charge in [0.1, 0.15) is 0 Å². The van der Waals surface area contributed by atoms with E-state index in [1.165, 1.54) is 0 Å². The Balaban J connectivity index is 0. The van der Waals surface area contributed by atoms with Crippen LogP contribution in [0.1, 0.15) is 25.7 Å². The minimum Gasteiger partial charge on any atom is -0.370 e. The number of aliphatic imine (C=N–C) groups is 3. The molecule has 0 heterocycles. The molecular formula is C16H28Cl3N9O. The zero-order valence-corrected chi connectivity index (χ0v) is 18.2. The number of hydrogen-bond acceptors (Lipinski definition) is 3. The largest absolute Gasteiger partial charge is 0.370 e. The summed E-state index contributed by atoms with van der Waals surface area (Å²) in [6.07, 6.45) is 3.61. The number of rotatable bonds is 8. The lowest BCUT2D eigenvalue weighted by Crippen LogP contribution is -2.40. The number of hydrogen-bond donors (Lipinski definition) is 6. The van der Waals surface area contributed by atoms with Crippen LogP contribution in [0.15, 0.2) is 39.2 Å². The van der Waals surface area contributed by atoms with E-state index in [1.807, 2.05) is 0 Å². The fraction of sp³-hybridized carbons (Fsp3) is 0.375. The summed E-state index contributed by atoms with van der Waals surface area (Å²) >= 11 is 5.82. The number of nitrogens with zero attached hydrogens (tertiary/aromatic N) is 3. The topological polar surface area (TPSA) is 182 Å². The van der Waals surface area contributed by atoms with Crippen LogP contribution >= 0.6 is 36.4 Å². The molecule has 0 aliphatic heterocycles. The third kappa shape index (κ3) is 15.2. The summed E-state index contributed by atoms with van der Waals surface area (Å²) < 4.78 is 0. The molecule has 10 nitrogen and oxygen atoms in total. The molecule has 0 saturated carbocycles. The van der Waals surface area contributed by atoms with Gasteiger partial charge >= 0.3 is 6.03 Å². The van der Waals surface area contributed by atoms with Crippen LogP contribution in [0.4, 0.5) is 10.5 Å². The molecule has 1 aromatic carbocycles. The average Bonchev–Trinajstić information content (AvgIpc) is 2.58. The Morgan fingerprint density at radius 2 is 1.41 bits per heavy atom. The fourth-order valence-corrected chi connectivity index (χ4v) is 2.13. The predicted molar refractivity (Wildman–Crippen MR) is 125 cm³/mol. The van der Waals surface area contributed by atoms with E-state index >= 15 is 0 Å². The number of halogens is 3. The first-order valence-electron chi connectivity index (χ1n) is 8.40. The van der Waals surface area contributed by atoms with E-state index in [-0.39, 0.29) is 42.7 Å². The highest BCUT2D eigenvalue weighted by Crippen LogP contribution is 2.12. The number of primary amides is 1. The zero-order valence-electron chi connectivity index (χ0n) is 15.8. The van der Waals surface area contributed by atoms with Gasteiger partial charge in [0.15, 0.2) is 5.96 Å². The SMILES string of the molecule is Cl.Cl.NC(=O)NC(N)=NCCCCCCN=C(N)N=C(N)Nc1ccc(Cl)cc1. The first kappa shape index (κ1) is 28.8. The monoisotopic (exact) mass is 467 g/mol. The molecule has 164 valence electrons. The van der Waals surface area contributed by atoms with E-state index in [4.69, 9.17) is 34.5 Å². The van der Waals surface area contributed by atoms with Crippen LogP contribution in [0.5, 0.6) is 0 Å². The maximum Gasteiger partial charge on any atom is 0.318 e. The Labute approximate surface area is 187 Å². The first-order valence-corrected chi connectivity index (χ1v) is 8.77. The molecule has 29 heavy (non-hydrogen) atoms. The molecule has 0 saturated heterocycles. The summed E-state index contributed by atoms with van der Waals surface area (Å²) in [5.41, 5.74) is 22.6. The number of carbonyl (C=O) groups excluding carboxylic acids is 1. The van der Waals surface area contributed by atoms with Crippen molar-refractivity contribution in [2.75, 3.05) is 18.4 Å². The van der Waals surface area contributed by atoms with Crippen LogP contribution < -0.4 is 33.6 Å². The molecule has 0 aliphatic carbocycles. The van der Waals surface area contributed by atoms with Gasteiger partial charge in [0.2, 0.25) is 11.9 Å². The van der Waals surface area contributed by atoms with Gasteiger partial charge in [-0.1, -0.05) is 24.4 Å². The van der Waals surface area contributed by atoms with Crippen molar-refractivity contribution in [1.29, 1.82) is 0 Å². The van der Waals surface area contributed by atoms with Crippen molar-refractivity contribution >= 4 is 66.0 Å². The highest BCUT2D eigenvalue weighted by atomic mass is 35.5. The number of guanidine groups is 3. The Morgan fingerprint density at radius 3 is 1.97 bits per heavy atom. The van der Waals surface area contributed by atoms with E-state index in [1.54, 1.807) is 24.3 Å². The highest BCUT2D eigenvalue weighted by molar-refractivity contribution is 6.30. The third-order valence-corrected chi connectivity index (χ3v) is 3.48. The van der Waals surface area contributed by atoms with Gasteiger partial charge < -0.3 is 28.3 Å². The summed E-state index contributed by atoms with van der Waals surface area (Å²) in [5, 5.41) is 5.73. The Morgan fingerprint density at radius 1 is 0.862 bits per heavy atom. The van der Waals surface area contributed by atoms with Gasteiger partial charge in [-0.15, -0.1) is 24.8 Å². The number of urea groups is 1. The van der Waals surface area contributed by atoms with Gasteiger partial charge in [0.05, 0.1) is 0 Å². The average molecular weight is 469 g/mol. The van der Waals surface area contributed by atoms with Crippen LogP contribution in [0.25, 0.3) is 0 Å². The van der Waals surface area contributed by atoms with Crippen molar-refractivity contribution in [3.8, 4) is 0 Å². The molecule has 10 N–H and O–H groups in total. The molecule has 0 radical (unpaired) electrons. The molecule has 13 heteroatoms. The quantitative estimate of drug-likeness (QED) is 0.193. The summed E-state index contributed by atoms with van der Waals surface area (Å²) in [7, 11) is 0. The van der Waals surface area contributed by atoms with Crippen LogP contribution in [0, 0.1) is 0 Å². The van der Waals surface area contributed by atoms with Gasteiger partial charge in [-0.05, 0) is 37.1 Å². The Bertz CT molecular complexity index is 693. The molecule has 1 rings (SSSR count). The fourth-order valence-electron chi connectivity index (χ4n) is 2.00. The number of amides is 2. The van der Waals surface area contributed by atoms with Gasteiger partial charge in [-0.3, -0.25) is 15.3 Å². The van der Waals surface area contributed by atoms with Crippen LogP contribution in [-0.2, 0) is 0 Å². The summed E-state index contributed by atoms with van der Waals surface area (Å²) in [6.45, 7) is 1.08. The van der Waals surface area contributed by atoms with Crippen molar-refractivity contribution in [1.82, 2.24) is 5.32 Å². The molecule has 0 aliphatic rings. The van der Waals surface area contributed by atoms with Crippen molar-refractivity contribution in [3.63, 3.8) is 0 Å². The Hall–Kier alpha value is -2.43. The smallest absolute Gasteiger partial charge is 0.318 e. The lowest BCUT2D eigenvalue weighted by molar-refractivity contribution is 0.253. The van der Waals surface area contributed by atoms with Gasteiger partial charge in [0, 0.05) is 23.8 Å². The minimum atomic E-state index is -0.724. The standard InChI is InChI=1S/C16H26ClN9O.2ClH/c17-11-5-7-12(8-6-11)24-15(20)25-13(18)22-9-3-1-2-4-10-23-14(19)26-16(21)27;;/h5-8H,1-4,9-10H2,(H5,18,20,22,24,25)(H5,19,21,23,26,27);2*1H. The highest BCUT2D eigenvalue weighted by Gasteiger charge is 1.98. The number of nitrogens with one attached hydrogen (secondary N) is 2. The minimum absolute atomic E-state index is 0. The number of unbranched alkanes of at least 4 members (excludes halogenated alkanes) is 3. The molecule has 0 spiro atoms. The second kappa shape index (κ2) is 16.5. The number of benzene rings is 1. The zero-order chi connectivity index (χ0) is 20.1. The predicted octanol–water partition coefficient (Wildman–Crippen LogP) is 1.77. The summed E-state index contributed by atoms with van der Waals surface area (Å²) in [4.78, 5) is 22.7. The number of anilines is 1. The molecular weight excluding hydrogens is 441 g/mol. The van der Waals surface area contributed by atoms with E-state index in [9.17, 15) is 4.79 Å². The molecule has 0 bridgehead atoms. The number of carbonyl (C=O) groups is 1. The van der Waals surface area contributed by atoms with Gasteiger partial charge in [-0.25, -0.2) is 4.79 Å². The molecule has 0 fully saturated rings. The third-order valence-electron chi connectivity index (χ3n) is 3.23. The number of nitrogens with two attached hydrogens (primary N) is 4. The van der Waals surface area contributed by atoms with E-state index in [0.717, 1.165) is 31.4 Å². The lowest BCUT2D eigenvalue weighted by atomic mass is 10.2. The van der Waals surface area contributed by atoms with Crippen LogP contribution in [-0.4, -0.2) is 37.0 Å². The van der Waals surface area contributed by atoms with Gasteiger partial charge in [-0.2, -0.15) is 4.99 Å². The molecule has 2 amide bonds. The van der Waals surface area contributed by atoms with Crippen molar-refractivity contribution < 1.29 is 4.79 Å². The van der Waals surface area contributed by atoms with Crippen molar-refractivity contribution in [2.24, 2.45) is 37.9 Å². The van der Waals surface area contributed by atoms with E-state index in [0.29, 0.717) is 18.1 Å². The van der Waals surface area contributed by atoms with Crippen molar-refractivity contribution in [3.05, 3.63) is 29.3 Å². The summed E-state index contributed by atoms with van der Waals surface area (Å²) in [6, 6.07) is 6.31. The van der Waals surface area contributed by atoms with Gasteiger partial charge in [0.25, 0.3) is 0 Å². The second-order valence-electron chi connectivity index (χ2n) is 5.54. The molecule has 0 atom stereocenters. The van der Waals surface area contributed by atoms with E-state index in [2.05, 4.69) is 25.6 Å². The molecule has 1 aromatic rings. The normalized spacial score (nSPS) is 11.8. The summed E-state index contributed by atoms with van der Waals surface area (Å²) in [5.74, 6) is 0.296. The van der Waals surface area contributed by atoms with Crippen LogP contribution in [0.3, 0.4) is 0 Å². The molecule has 0 aromatic heterocycles. The van der Waals surface area contributed by atoms with Crippen molar-refractivity contribution in [2.45, 2.75) is 25.7 Å².